The van der Waals surface area contributed by atoms with E-state index in [0.29, 0.717) is 17.6 Å². The molecular weight excluding hydrogens is 348 g/mol. The van der Waals surface area contributed by atoms with Crippen LogP contribution in [-0.4, -0.2) is 46.5 Å². The first-order chi connectivity index (χ1) is 13.7. The molecule has 2 aliphatic rings. The van der Waals surface area contributed by atoms with Crippen LogP contribution < -0.4 is 0 Å². The van der Waals surface area contributed by atoms with E-state index < -0.39 is 0 Å². The molecule has 4 rings (SSSR count). The van der Waals surface area contributed by atoms with Gasteiger partial charge in [-0.2, -0.15) is 0 Å². The van der Waals surface area contributed by atoms with Gasteiger partial charge in [-0.05, 0) is 68.0 Å². The summed E-state index contributed by atoms with van der Waals surface area (Å²) in [6, 6.07) is 18.3. The maximum absolute atomic E-state index is 13.2. The molecular formula is C24H30N2O2. The lowest BCUT2D eigenvalue weighted by molar-refractivity contribution is -0.134. The van der Waals surface area contributed by atoms with E-state index >= 15 is 0 Å². The van der Waals surface area contributed by atoms with Gasteiger partial charge in [0.1, 0.15) is 5.75 Å². The van der Waals surface area contributed by atoms with Crippen LogP contribution in [0.2, 0.25) is 0 Å². The Kier molecular flexibility index (Phi) is 5.67. The SMILES string of the molecule is CC[C@@H](c1ccccc1)N1CC[C@H](N2CCC(c3ccc(O)cc3)CC2)C1=O. The zero-order valence-corrected chi connectivity index (χ0v) is 16.6. The molecule has 4 nitrogen and oxygen atoms in total. The number of hydrogen-bond donors (Lipinski definition) is 1. The average Bonchev–Trinajstić information content (AvgIpc) is 3.11. The van der Waals surface area contributed by atoms with Crippen molar-refractivity contribution in [3.63, 3.8) is 0 Å². The van der Waals surface area contributed by atoms with Crippen molar-refractivity contribution in [1.82, 2.24) is 9.80 Å². The minimum atomic E-state index is 0.0403. The number of rotatable bonds is 5. The fraction of sp³-hybridized carbons (Fsp3) is 0.458. The molecule has 0 saturated carbocycles. The molecule has 2 aromatic rings. The summed E-state index contributed by atoms with van der Waals surface area (Å²) in [7, 11) is 0. The van der Waals surface area contributed by atoms with Crippen LogP contribution in [-0.2, 0) is 4.79 Å². The van der Waals surface area contributed by atoms with Gasteiger partial charge in [0.25, 0.3) is 0 Å². The topological polar surface area (TPSA) is 43.8 Å². The Balaban J connectivity index is 1.38. The number of nitrogens with zero attached hydrogens (tertiary/aromatic N) is 2. The number of hydrogen-bond acceptors (Lipinski definition) is 3. The molecule has 2 atom stereocenters. The van der Waals surface area contributed by atoms with Crippen LogP contribution in [0.1, 0.15) is 55.7 Å². The van der Waals surface area contributed by atoms with Gasteiger partial charge in [0, 0.05) is 6.54 Å². The van der Waals surface area contributed by atoms with Gasteiger partial charge in [-0.1, -0.05) is 49.4 Å². The Morgan fingerprint density at radius 3 is 2.29 bits per heavy atom. The van der Waals surface area contributed by atoms with E-state index in [-0.39, 0.29) is 12.1 Å². The van der Waals surface area contributed by atoms with Gasteiger partial charge in [0.05, 0.1) is 12.1 Å². The van der Waals surface area contributed by atoms with E-state index in [9.17, 15) is 9.90 Å². The second-order valence-corrected chi connectivity index (χ2v) is 8.07. The highest BCUT2D eigenvalue weighted by Crippen LogP contribution is 2.34. The molecule has 2 heterocycles. The first kappa shape index (κ1) is 19.0. The molecule has 0 radical (unpaired) electrons. The van der Waals surface area contributed by atoms with Crippen molar-refractivity contribution in [3.05, 3.63) is 65.7 Å². The molecule has 1 N–H and O–H groups in total. The van der Waals surface area contributed by atoms with Crippen molar-refractivity contribution in [2.75, 3.05) is 19.6 Å². The van der Waals surface area contributed by atoms with Crippen molar-refractivity contribution < 1.29 is 9.90 Å². The lowest BCUT2D eigenvalue weighted by Gasteiger charge is -2.36. The Labute approximate surface area is 167 Å². The van der Waals surface area contributed by atoms with Crippen LogP contribution in [0, 0.1) is 0 Å². The van der Waals surface area contributed by atoms with Crippen molar-refractivity contribution in [3.8, 4) is 5.75 Å². The van der Waals surface area contributed by atoms with Crippen molar-refractivity contribution >= 4 is 5.91 Å². The third-order valence-electron chi connectivity index (χ3n) is 6.49. The molecule has 0 bridgehead atoms. The molecule has 0 aromatic heterocycles. The van der Waals surface area contributed by atoms with Gasteiger partial charge in [0.15, 0.2) is 0 Å². The quantitative estimate of drug-likeness (QED) is 0.842. The number of phenols is 1. The zero-order valence-electron chi connectivity index (χ0n) is 16.6. The Bertz CT molecular complexity index is 782. The number of likely N-dealkylation sites (tertiary alicyclic amines) is 2. The second kappa shape index (κ2) is 8.36. The average molecular weight is 379 g/mol. The summed E-state index contributed by atoms with van der Waals surface area (Å²) in [5, 5.41) is 9.49. The summed E-state index contributed by atoms with van der Waals surface area (Å²) in [4.78, 5) is 17.7. The fourth-order valence-corrected chi connectivity index (χ4v) is 4.94. The van der Waals surface area contributed by atoms with Crippen molar-refractivity contribution in [1.29, 1.82) is 0 Å². The monoisotopic (exact) mass is 378 g/mol. The van der Waals surface area contributed by atoms with E-state index in [1.165, 1.54) is 11.1 Å². The predicted octanol–water partition coefficient (Wildman–Crippen LogP) is 4.32. The second-order valence-electron chi connectivity index (χ2n) is 8.07. The molecule has 148 valence electrons. The summed E-state index contributed by atoms with van der Waals surface area (Å²) in [5.74, 6) is 1.15. The van der Waals surface area contributed by atoms with Crippen LogP contribution in [0.15, 0.2) is 54.6 Å². The lowest BCUT2D eigenvalue weighted by Crippen LogP contribution is -2.46. The van der Waals surface area contributed by atoms with E-state index in [4.69, 9.17) is 0 Å². The Morgan fingerprint density at radius 1 is 0.964 bits per heavy atom. The molecule has 2 saturated heterocycles. The molecule has 0 spiro atoms. The predicted molar refractivity (Wildman–Crippen MR) is 111 cm³/mol. The minimum Gasteiger partial charge on any atom is -0.508 e. The van der Waals surface area contributed by atoms with E-state index in [0.717, 1.165) is 45.3 Å². The van der Waals surface area contributed by atoms with Gasteiger partial charge in [-0.15, -0.1) is 0 Å². The van der Waals surface area contributed by atoms with Gasteiger partial charge >= 0.3 is 0 Å². The zero-order chi connectivity index (χ0) is 19.5. The summed E-state index contributed by atoms with van der Waals surface area (Å²) < 4.78 is 0. The van der Waals surface area contributed by atoms with E-state index in [2.05, 4.69) is 41.0 Å². The molecule has 0 unspecified atom stereocenters. The number of carbonyl (C=O) groups excluding carboxylic acids is 1. The maximum Gasteiger partial charge on any atom is 0.240 e. The number of piperidine rings is 1. The normalized spacial score (nSPS) is 22.5. The summed E-state index contributed by atoms with van der Waals surface area (Å²) in [6.07, 6.45) is 4.03. The Morgan fingerprint density at radius 2 is 1.64 bits per heavy atom. The number of aromatic hydroxyl groups is 1. The molecule has 2 aliphatic heterocycles. The number of amides is 1. The lowest BCUT2D eigenvalue weighted by atomic mass is 9.88. The van der Waals surface area contributed by atoms with Crippen LogP contribution in [0.25, 0.3) is 0 Å². The minimum absolute atomic E-state index is 0.0403. The third kappa shape index (κ3) is 3.79. The highest BCUT2D eigenvalue weighted by Gasteiger charge is 2.40. The first-order valence-corrected chi connectivity index (χ1v) is 10.6. The van der Waals surface area contributed by atoms with Crippen LogP contribution in [0.5, 0.6) is 5.75 Å². The molecule has 0 aliphatic carbocycles. The maximum atomic E-state index is 13.2. The largest absolute Gasteiger partial charge is 0.508 e. The van der Waals surface area contributed by atoms with Crippen LogP contribution >= 0.6 is 0 Å². The molecule has 1 amide bonds. The smallest absolute Gasteiger partial charge is 0.240 e. The first-order valence-electron chi connectivity index (χ1n) is 10.6. The number of phenolic OH excluding ortho intramolecular Hbond substituents is 1. The van der Waals surface area contributed by atoms with Gasteiger partial charge in [-0.25, -0.2) is 0 Å². The van der Waals surface area contributed by atoms with E-state index in [1.807, 2.05) is 18.2 Å². The Hall–Kier alpha value is -2.33. The molecule has 4 heteroatoms. The molecule has 2 fully saturated rings. The van der Waals surface area contributed by atoms with Crippen LogP contribution in [0.3, 0.4) is 0 Å². The highest BCUT2D eigenvalue weighted by molar-refractivity contribution is 5.84. The summed E-state index contributed by atoms with van der Waals surface area (Å²) >= 11 is 0. The van der Waals surface area contributed by atoms with Gasteiger partial charge in [0.2, 0.25) is 5.91 Å². The van der Waals surface area contributed by atoms with Gasteiger partial charge in [-0.3, -0.25) is 9.69 Å². The number of benzene rings is 2. The molecule has 2 aromatic carbocycles. The van der Waals surface area contributed by atoms with E-state index in [1.54, 1.807) is 12.1 Å². The summed E-state index contributed by atoms with van der Waals surface area (Å²) in [6.45, 7) is 4.96. The van der Waals surface area contributed by atoms with Gasteiger partial charge < -0.3 is 10.0 Å². The highest BCUT2D eigenvalue weighted by atomic mass is 16.3. The van der Waals surface area contributed by atoms with Crippen LogP contribution in [0.4, 0.5) is 0 Å². The standard InChI is InChI=1S/C24H30N2O2/c1-2-22(20-6-4-3-5-7-20)26-17-14-23(24(26)28)25-15-12-19(13-16-25)18-8-10-21(27)11-9-18/h3-11,19,22-23,27H,2,12-17H2,1H3/t22-,23-/m0/s1. The third-order valence-corrected chi connectivity index (χ3v) is 6.49. The summed E-state index contributed by atoms with van der Waals surface area (Å²) in [5.41, 5.74) is 2.54. The molecule has 28 heavy (non-hydrogen) atoms. The fourth-order valence-electron chi connectivity index (χ4n) is 4.94. The van der Waals surface area contributed by atoms with Crippen molar-refractivity contribution in [2.45, 2.75) is 50.6 Å². The number of carbonyl (C=O) groups is 1. The van der Waals surface area contributed by atoms with Crippen molar-refractivity contribution in [2.24, 2.45) is 0 Å².